The molecule has 3 aromatic carbocycles. The maximum absolute atomic E-state index is 12.6. The zero-order valence-electron chi connectivity index (χ0n) is 20.4. The highest BCUT2D eigenvalue weighted by atomic mass is 35.5. The normalized spacial score (nSPS) is 10.8. The fraction of sp³-hybridized carbons (Fsp3) is 0.222. The number of carbonyl (C=O) groups is 1. The van der Waals surface area contributed by atoms with Gasteiger partial charge >= 0.3 is 6.03 Å². The van der Waals surface area contributed by atoms with Gasteiger partial charge in [-0.15, -0.1) is 10.2 Å². The van der Waals surface area contributed by atoms with Crippen molar-refractivity contribution in [2.75, 3.05) is 12.4 Å². The molecule has 0 radical (unpaired) electrons. The van der Waals surface area contributed by atoms with E-state index in [4.69, 9.17) is 16.3 Å². The molecular weight excluding hydrogens is 494 g/mol. The Hall–Kier alpha value is -3.49. The number of amides is 2. The second kappa shape index (κ2) is 12.0. The number of carbonyl (C=O) groups excluding carboxylic acids is 1. The second-order valence-electron chi connectivity index (χ2n) is 8.17. The summed E-state index contributed by atoms with van der Waals surface area (Å²) in [6.07, 6.45) is 0.898. The van der Waals surface area contributed by atoms with Crippen LogP contribution in [-0.2, 0) is 18.7 Å². The van der Waals surface area contributed by atoms with Gasteiger partial charge in [-0.25, -0.2) is 4.79 Å². The number of thioether (sulfide) groups is 1. The Morgan fingerprint density at radius 1 is 1.06 bits per heavy atom. The minimum atomic E-state index is -0.314. The molecule has 9 heteroatoms. The average Bonchev–Trinajstić information content (AvgIpc) is 3.30. The lowest BCUT2D eigenvalue weighted by Crippen LogP contribution is -2.29. The molecule has 4 aromatic rings. The third kappa shape index (κ3) is 6.38. The molecule has 186 valence electrons. The minimum Gasteiger partial charge on any atom is -0.497 e. The molecule has 7 nitrogen and oxygen atoms in total. The van der Waals surface area contributed by atoms with Crippen LogP contribution in [0.25, 0.3) is 5.69 Å². The van der Waals surface area contributed by atoms with Crippen LogP contribution in [0.15, 0.2) is 71.9 Å². The molecule has 0 aliphatic heterocycles. The Kier molecular flexibility index (Phi) is 8.51. The van der Waals surface area contributed by atoms with Crippen LogP contribution >= 0.6 is 23.4 Å². The van der Waals surface area contributed by atoms with Crippen LogP contribution < -0.4 is 15.4 Å². The van der Waals surface area contributed by atoms with Crippen LogP contribution in [0.4, 0.5) is 10.5 Å². The largest absolute Gasteiger partial charge is 0.497 e. The van der Waals surface area contributed by atoms with Crippen molar-refractivity contribution >= 4 is 35.1 Å². The molecule has 0 saturated heterocycles. The Bertz CT molecular complexity index is 1360. The van der Waals surface area contributed by atoms with E-state index in [1.165, 1.54) is 0 Å². The first kappa shape index (κ1) is 25.6. The number of hydrogen-bond acceptors (Lipinski definition) is 5. The van der Waals surface area contributed by atoms with E-state index in [2.05, 4.69) is 27.8 Å². The Morgan fingerprint density at radius 3 is 2.67 bits per heavy atom. The summed E-state index contributed by atoms with van der Waals surface area (Å²) >= 11 is 7.89. The van der Waals surface area contributed by atoms with E-state index in [0.29, 0.717) is 21.8 Å². The second-order valence-corrected chi connectivity index (χ2v) is 9.55. The summed E-state index contributed by atoms with van der Waals surface area (Å²) in [5, 5.41) is 15.9. The molecule has 0 saturated carbocycles. The fourth-order valence-corrected chi connectivity index (χ4v) is 4.76. The van der Waals surface area contributed by atoms with Gasteiger partial charge < -0.3 is 15.4 Å². The summed E-state index contributed by atoms with van der Waals surface area (Å²) in [4.78, 5) is 12.6. The molecule has 2 N–H and O–H groups in total. The first-order valence-corrected chi connectivity index (χ1v) is 12.9. The number of aryl methyl sites for hydroxylation is 2. The number of urea groups is 1. The van der Waals surface area contributed by atoms with Crippen molar-refractivity contribution in [3.8, 4) is 11.4 Å². The zero-order valence-corrected chi connectivity index (χ0v) is 22.0. The first-order chi connectivity index (χ1) is 17.5. The topological polar surface area (TPSA) is 81.1 Å². The monoisotopic (exact) mass is 521 g/mol. The summed E-state index contributed by atoms with van der Waals surface area (Å²) < 4.78 is 7.29. The molecule has 0 bridgehead atoms. The predicted molar refractivity (Wildman–Crippen MR) is 145 cm³/mol. The highest BCUT2D eigenvalue weighted by molar-refractivity contribution is 7.98. The molecule has 0 fully saturated rings. The number of nitrogens with zero attached hydrogens (tertiary/aromatic N) is 3. The van der Waals surface area contributed by atoms with Crippen molar-refractivity contribution in [1.82, 2.24) is 20.1 Å². The van der Waals surface area contributed by atoms with Crippen LogP contribution in [0.3, 0.4) is 0 Å². The fourth-order valence-electron chi connectivity index (χ4n) is 3.69. The van der Waals surface area contributed by atoms with Gasteiger partial charge in [-0.3, -0.25) is 4.57 Å². The van der Waals surface area contributed by atoms with Crippen molar-refractivity contribution in [1.29, 1.82) is 0 Å². The third-order valence-electron chi connectivity index (χ3n) is 5.61. The first-order valence-electron chi connectivity index (χ1n) is 11.6. The van der Waals surface area contributed by atoms with Gasteiger partial charge in [0.15, 0.2) is 11.0 Å². The van der Waals surface area contributed by atoms with E-state index < -0.39 is 0 Å². The minimum absolute atomic E-state index is 0.192. The number of aromatic nitrogens is 3. The molecular formula is C27H28ClN5O2S. The van der Waals surface area contributed by atoms with Crippen LogP contribution in [0.5, 0.6) is 5.75 Å². The molecule has 0 atom stereocenters. The highest BCUT2D eigenvalue weighted by Gasteiger charge is 2.18. The lowest BCUT2D eigenvalue weighted by atomic mass is 10.1. The van der Waals surface area contributed by atoms with Crippen LogP contribution in [-0.4, -0.2) is 27.9 Å². The lowest BCUT2D eigenvalue weighted by Gasteiger charge is -2.14. The molecule has 0 aliphatic rings. The number of ether oxygens (including phenoxy) is 1. The van der Waals surface area contributed by atoms with E-state index >= 15 is 0 Å². The van der Waals surface area contributed by atoms with E-state index in [-0.39, 0.29) is 12.6 Å². The summed E-state index contributed by atoms with van der Waals surface area (Å²) in [7, 11) is 1.65. The number of anilines is 1. The average molecular weight is 522 g/mol. The summed E-state index contributed by atoms with van der Waals surface area (Å²) in [6, 6.07) is 21.1. The van der Waals surface area contributed by atoms with Crippen molar-refractivity contribution in [2.24, 2.45) is 0 Å². The number of benzene rings is 3. The summed E-state index contributed by atoms with van der Waals surface area (Å²) in [6.45, 7) is 4.28. The predicted octanol–water partition coefficient (Wildman–Crippen LogP) is 6.41. The van der Waals surface area contributed by atoms with E-state index in [1.807, 2.05) is 78.2 Å². The lowest BCUT2D eigenvalue weighted by molar-refractivity contribution is 0.251. The number of methoxy groups -OCH3 is 1. The summed E-state index contributed by atoms with van der Waals surface area (Å²) in [5.74, 6) is 2.09. The Morgan fingerprint density at radius 2 is 1.86 bits per heavy atom. The van der Waals surface area contributed by atoms with Gasteiger partial charge in [0.2, 0.25) is 0 Å². The smallest absolute Gasteiger partial charge is 0.319 e. The number of halogens is 1. The van der Waals surface area contributed by atoms with Gasteiger partial charge in [0.1, 0.15) is 5.75 Å². The molecule has 36 heavy (non-hydrogen) atoms. The SMILES string of the molecule is CCc1cccc(NC(=O)NCc2nnc(SCc3cccc(OC)c3)n2-c2cc(Cl)ccc2C)c1. The van der Waals surface area contributed by atoms with Crippen LogP contribution in [0, 0.1) is 6.92 Å². The van der Waals surface area contributed by atoms with Crippen molar-refractivity contribution in [3.05, 3.63) is 94.3 Å². The molecule has 0 aliphatic carbocycles. The maximum Gasteiger partial charge on any atom is 0.319 e. The number of hydrogen-bond donors (Lipinski definition) is 2. The van der Waals surface area contributed by atoms with Crippen molar-refractivity contribution in [3.63, 3.8) is 0 Å². The van der Waals surface area contributed by atoms with Crippen molar-refractivity contribution in [2.45, 2.75) is 37.7 Å². The van der Waals surface area contributed by atoms with Gasteiger partial charge in [-0.05, 0) is 66.4 Å². The number of rotatable bonds is 9. The molecule has 2 amide bonds. The Labute approximate surface area is 220 Å². The molecule has 0 spiro atoms. The molecule has 0 unspecified atom stereocenters. The van der Waals surface area contributed by atoms with E-state index in [0.717, 1.165) is 40.2 Å². The van der Waals surface area contributed by atoms with Gasteiger partial charge in [-0.1, -0.05) is 60.6 Å². The Balaban J connectivity index is 1.55. The third-order valence-corrected chi connectivity index (χ3v) is 6.85. The van der Waals surface area contributed by atoms with E-state index in [9.17, 15) is 4.79 Å². The molecule has 1 heterocycles. The zero-order chi connectivity index (χ0) is 25.5. The van der Waals surface area contributed by atoms with Crippen LogP contribution in [0.1, 0.15) is 29.4 Å². The number of nitrogens with one attached hydrogen (secondary N) is 2. The maximum atomic E-state index is 12.6. The molecule has 4 rings (SSSR count). The van der Waals surface area contributed by atoms with Gasteiger partial charge in [0, 0.05) is 16.5 Å². The quantitative estimate of drug-likeness (QED) is 0.249. The van der Waals surface area contributed by atoms with Gasteiger partial charge in [0.05, 0.1) is 19.3 Å². The van der Waals surface area contributed by atoms with Gasteiger partial charge in [0.25, 0.3) is 0 Å². The van der Waals surface area contributed by atoms with Crippen LogP contribution in [0.2, 0.25) is 5.02 Å². The van der Waals surface area contributed by atoms with E-state index in [1.54, 1.807) is 18.9 Å². The standard InChI is InChI=1S/C27H28ClN5O2S/c1-4-19-7-5-9-22(13-19)30-26(34)29-16-25-31-32-27(33(25)24-15-21(28)12-11-18(24)2)36-17-20-8-6-10-23(14-20)35-3/h5-15H,4,16-17H2,1-3H3,(H2,29,30,34). The van der Waals surface area contributed by atoms with Crippen molar-refractivity contribution < 1.29 is 9.53 Å². The van der Waals surface area contributed by atoms with Gasteiger partial charge in [-0.2, -0.15) is 0 Å². The summed E-state index contributed by atoms with van der Waals surface area (Å²) in [5.41, 5.74) is 4.89. The highest BCUT2D eigenvalue weighted by Crippen LogP contribution is 2.29. The molecule has 1 aromatic heterocycles.